The third-order valence-electron chi connectivity index (χ3n) is 3.18. The predicted molar refractivity (Wildman–Crippen MR) is 51.1 cm³/mol. The zero-order valence-corrected chi connectivity index (χ0v) is 7.83. The zero-order valence-electron chi connectivity index (χ0n) is 7.83. The first-order chi connectivity index (χ1) is 6.20. The molecule has 0 atom stereocenters. The molecule has 0 aromatic carbocycles. The lowest BCUT2D eigenvalue weighted by atomic mass is 9.63. The van der Waals surface area contributed by atoms with E-state index >= 15 is 0 Å². The van der Waals surface area contributed by atoms with Gasteiger partial charge in [0, 0.05) is 19.6 Å². The molecule has 1 heterocycles. The molecule has 1 spiro atoms. The molecule has 1 aliphatic carbocycles. The van der Waals surface area contributed by atoms with E-state index < -0.39 is 0 Å². The summed E-state index contributed by atoms with van der Waals surface area (Å²) in [5.41, 5.74) is 5.67. The van der Waals surface area contributed by atoms with Crippen LogP contribution in [0.4, 0.5) is 0 Å². The summed E-state index contributed by atoms with van der Waals surface area (Å²) in [6.45, 7) is 3.32. The van der Waals surface area contributed by atoms with Gasteiger partial charge in [-0.15, -0.1) is 0 Å². The number of carbonyl (C=O) groups is 1. The molecule has 0 aromatic heterocycles. The van der Waals surface area contributed by atoms with E-state index in [-0.39, 0.29) is 5.91 Å². The molecule has 2 N–H and O–H groups in total. The Balaban J connectivity index is 1.66. The second-order valence-corrected chi connectivity index (χ2v) is 4.33. The zero-order chi connectivity index (χ0) is 9.31. The summed E-state index contributed by atoms with van der Waals surface area (Å²) in [7, 11) is 0. The van der Waals surface area contributed by atoms with Crippen LogP contribution in [0.15, 0.2) is 12.2 Å². The van der Waals surface area contributed by atoms with Gasteiger partial charge in [-0.05, 0) is 24.3 Å². The fourth-order valence-corrected chi connectivity index (χ4v) is 2.34. The van der Waals surface area contributed by atoms with Crippen molar-refractivity contribution in [2.45, 2.75) is 19.3 Å². The number of likely N-dealkylation sites (tertiary alicyclic amines) is 1. The maximum atomic E-state index is 10.4. The van der Waals surface area contributed by atoms with Gasteiger partial charge in [-0.2, -0.15) is 0 Å². The van der Waals surface area contributed by atoms with Gasteiger partial charge in [0.15, 0.2) is 0 Å². The fourth-order valence-electron chi connectivity index (χ4n) is 2.34. The molecular formula is C10H16N2O. The highest BCUT2D eigenvalue weighted by atomic mass is 16.1. The number of amides is 1. The molecule has 1 saturated carbocycles. The van der Waals surface area contributed by atoms with Gasteiger partial charge in [0.25, 0.3) is 0 Å². The highest BCUT2D eigenvalue weighted by molar-refractivity contribution is 5.85. The summed E-state index contributed by atoms with van der Waals surface area (Å²) in [6.07, 6.45) is 7.52. The first-order valence-electron chi connectivity index (χ1n) is 4.89. The van der Waals surface area contributed by atoms with E-state index in [1.54, 1.807) is 0 Å². The topological polar surface area (TPSA) is 46.3 Å². The van der Waals surface area contributed by atoms with Crippen molar-refractivity contribution in [1.82, 2.24) is 4.90 Å². The van der Waals surface area contributed by atoms with E-state index in [0.29, 0.717) is 5.41 Å². The van der Waals surface area contributed by atoms with Gasteiger partial charge in [-0.1, -0.05) is 12.5 Å². The second kappa shape index (κ2) is 3.14. The predicted octanol–water partition coefficient (Wildman–Crippen LogP) is 0.514. The Morgan fingerprint density at radius 2 is 2.15 bits per heavy atom. The lowest BCUT2D eigenvalue weighted by Crippen LogP contribution is -2.59. The Morgan fingerprint density at radius 3 is 2.62 bits per heavy atom. The molecule has 3 nitrogen and oxygen atoms in total. The van der Waals surface area contributed by atoms with Gasteiger partial charge in [0.2, 0.25) is 5.91 Å². The van der Waals surface area contributed by atoms with Gasteiger partial charge < -0.3 is 5.73 Å². The normalized spacial score (nSPS) is 25.8. The van der Waals surface area contributed by atoms with Crippen molar-refractivity contribution in [3.8, 4) is 0 Å². The van der Waals surface area contributed by atoms with Crippen molar-refractivity contribution >= 4 is 5.91 Å². The quantitative estimate of drug-likeness (QED) is 0.643. The molecule has 0 radical (unpaired) electrons. The molecule has 1 aliphatic heterocycles. The smallest absolute Gasteiger partial charge is 0.241 e. The van der Waals surface area contributed by atoms with Gasteiger partial charge in [-0.3, -0.25) is 9.69 Å². The van der Waals surface area contributed by atoms with Crippen LogP contribution in [-0.2, 0) is 4.79 Å². The van der Waals surface area contributed by atoms with Crippen molar-refractivity contribution in [3.63, 3.8) is 0 Å². The minimum absolute atomic E-state index is 0.348. The van der Waals surface area contributed by atoms with Crippen molar-refractivity contribution in [3.05, 3.63) is 12.2 Å². The van der Waals surface area contributed by atoms with Gasteiger partial charge >= 0.3 is 0 Å². The number of nitrogens with two attached hydrogens (primary N) is 1. The molecule has 0 unspecified atom stereocenters. The number of primary amides is 1. The Kier molecular flexibility index (Phi) is 2.12. The van der Waals surface area contributed by atoms with Crippen LogP contribution in [0.1, 0.15) is 19.3 Å². The molecule has 2 aliphatic rings. The van der Waals surface area contributed by atoms with E-state index in [4.69, 9.17) is 5.73 Å². The molecule has 2 rings (SSSR count). The highest BCUT2D eigenvalue weighted by Crippen LogP contribution is 2.47. The largest absolute Gasteiger partial charge is 0.366 e. The highest BCUT2D eigenvalue weighted by Gasteiger charge is 2.46. The molecule has 2 fully saturated rings. The molecule has 0 aromatic rings. The first kappa shape index (κ1) is 8.75. The van der Waals surface area contributed by atoms with E-state index in [1.165, 1.54) is 38.4 Å². The van der Waals surface area contributed by atoms with Crippen LogP contribution in [-0.4, -0.2) is 30.4 Å². The van der Waals surface area contributed by atoms with Crippen molar-refractivity contribution in [1.29, 1.82) is 0 Å². The average molecular weight is 180 g/mol. The standard InChI is InChI=1S/C10H16N2O/c11-9(13)3-1-6-12-7-10(8-12)4-2-5-10/h1,3H,2,4-8H2,(H2,11,13). The Hall–Kier alpha value is -0.830. The number of rotatable bonds is 3. The van der Waals surface area contributed by atoms with E-state index in [2.05, 4.69) is 4.90 Å². The van der Waals surface area contributed by atoms with Crippen molar-refractivity contribution < 1.29 is 4.79 Å². The van der Waals surface area contributed by atoms with Crippen LogP contribution in [0.3, 0.4) is 0 Å². The Bertz CT molecular complexity index is 235. The SMILES string of the molecule is NC(=O)C=CCN1CC2(CCC2)C1. The summed E-state index contributed by atoms with van der Waals surface area (Å²) in [5.74, 6) is -0.348. The average Bonchev–Trinajstić information content (AvgIpc) is 1.89. The van der Waals surface area contributed by atoms with E-state index in [9.17, 15) is 4.79 Å². The lowest BCUT2D eigenvalue weighted by molar-refractivity contribution is -0.113. The van der Waals surface area contributed by atoms with Gasteiger partial charge in [0.1, 0.15) is 0 Å². The summed E-state index contributed by atoms with van der Waals surface area (Å²) in [5, 5.41) is 0. The monoisotopic (exact) mass is 180 g/mol. The molecule has 0 bridgehead atoms. The number of hydrogen-bond acceptors (Lipinski definition) is 2. The van der Waals surface area contributed by atoms with Crippen LogP contribution in [0.2, 0.25) is 0 Å². The minimum Gasteiger partial charge on any atom is -0.366 e. The fraction of sp³-hybridized carbons (Fsp3) is 0.700. The summed E-state index contributed by atoms with van der Waals surface area (Å²) < 4.78 is 0. The van der Waals surface area contributed by atoms with E-state index in [1.807, 2.05) is 6.08 Å². The maximum absolute atomic E-state index is 10.4. The van der Waals surface area contributed by atoms with Crippen molar-refractivity contribution in [2.75, 3.05) is 19.6 Å². The summed E-state index contributed by atoms with van der Waals surface area (Å²) in [4.78, 5) is 12.8. The van der Waals surface area contributed by atoms with Crippen LogP contribution >= 0.6 is 0 Å². The second-order valence-electron chi connectivity index (χ2n) is 4.33. The van der Waals surface area contributed by atoms with E-state index in [0.717, 1.165) is 6.54 Å². The van der Waals surface area contributed by atoms with Gasteiger partial charge in [0.05, 0.1) is 0 Å². The Morgan fingerprint density at radius 1 is 1.46 bits per heavy atom. The maximum Gasteiger partial charge on any atom is 0.241 e. The Labute approximate surface area is 78.6 Å². The van der Waals surface area contributed by atoms with Crippen LogP contribution < -0.4 is 5.73 Å². The van der Waals surface area contributed by atoms with Gasteiger partial charge in [-0.25, -0.2) is 0 Å². The van der Waals surface area contributed by atoms with Crippen LogP contribution in [0, 0.1) is 5.41 Å². The number of carbonyl (C=O) groups excluding carboxylic acids is 1. The molecular weight excluding hydrogens is 164 g/mol. The molecule has 1 saturated heterocycles. The summed E-state index contributed by atoms with van der Waals surface area (Å²) in [6, 6.07) is 0. The molecule has 3 heteroatoms. The van der Waals surface area contributed by atoms with Crippen molar-refractivity contribution in [2.24, 2.45) is 11.1 Å². The molecule has 72 valence electrons. The molecule has 13 heavy (non-hydrogen) atoms. The third kappa shape index (κ3) is 1.75. The van der Waals surface area contributed by atoms with Crippen LogP contribution in [0.25, 0.3) is 0 Å². The number of nitrogens with zero attached hydrogens (tertiary/aromatic N) is 1. The first-order valence-corrected chi connectivity index (χ1v) is 4.89. The van der Waals surface area contributed by atoms with Crippen LogP contribution in [0.5, 0.6) is 0 Å². The lowest BCUT2D eigenvalue weighted by Gasteiger charge is -2.56. The number of hydrogen-bond donors (Lipinski definition) is 1. The molecule has 1 amide bonds. The minimum atomic E-state index is -0.348. The summed E-state index contributed by atoms with van der Waals surface area (Å²) >= 11 is 0. The third-order valence-corrected chi connectivity index (χ3v) is 3.18.